The number of hydrogen-bond acceptors (Lipinski definition) is 7. The molecule has 7 nitrogen and oxygen atoms in total. The van der Waals surface area contributed by atoms with E-state index in [0.717, 1.165) is 5.69 Å². The smallest absolute Gasteiger partial charge is 0.254 e. The summed E-state index contributed by atoms with van der Waals surface area (Å²) >= 11 is 13.5. The Bertz CT molecular complexity index is 1330. The number of carbonyl (C=O) groups excluding carboxylic acids is 2. The molecule has 3 atom stereocenters. The van der Waals surface area contributed by atoms with Crippen LogP contribution in [0.3, 0.4) is 0 Å². The Labute approximate surface area is 210 Å². The van der Waals surface area contributed by atoms with Crippen molar-refractivity contribution in [2.24, 2.45) is 0 Å². The number of anilines is 1. The first-order chi connectivity index (χ1) is 16.3. The van der Waals surface area contributed by atoms with E-state index < -0.39 is 16.2 Å². The molecule has 3 aromatic rings. The highest BCUT2D eigenvalue weighted by atomic mass is 35.5. The number of likely N-dealkylation sites (tertiary alicyclic amines) is 1. The van der Waals surface area contributed by atoms with Crippen LogP contribution in [0.5, 0.6) is 0 Å². The van der Waals surface area contributed by atoms with E-state index in [-0.39, 0.29) is 18.4 Å². The Kier molecular flexibility index (Phi) is 4.80. The van der Waals surface area contributed by atoms with Crippen LogP contribution in [0.25, 0.3) is 0 Å². The first-order valence-electron chi connectivity index (χ1n) is 10.7. The van der Waals surface area contributed by atoms with E-state index in [9.17, 15) is 9.59 Å². The number of likely N-dealkylation sites (N-methyl/N-ethyl adjacent to an activating group) is 2. The SMILES string of the molecule is CN1C(=O)[C@]2(c3cc(Cl)ccc31)N(C)C[C@@H](c1ccco1)[C@]21SC(=S)N(Cc2ccco2)C1=O. The van der Waals surface area contributed by atoms with Gasteiger partial charge in [-0.25, -0.2) is 0 Å². The third-order valence-electron chi connectivity index (χ3n) is 7.19. The normalized spacial score (nSPS) is 28.8. The van der Waals surface area contributed by atoms with Gasteiger partial charge in [-0.05, 0) is 49.5 Å². The van der Waals surface area contributed by atoms with Crippen LogP contribution < -0.4 is 4.90 Å². The molecule has 10 heteroatoms. The van der Waals surface area contributed by atoms with Crippen LogP contribution in [-0.2, 0) is 21.7 Å². The number of furan rings is 2. The predicted octanol–water partition coefficient (Wildman–Crippen LogP) is 4.23. The molecular formula is C24H20ClN3O4S2. The van der Waals surface area contributed by atoms with E-state index in [1.807, 2.05) is 24.1 Å². The van der Waals surface area contributed by atoms with Gasteiger partial charge in [0.25, 0.3) is 5.91 Å². The number of halogens is 1. The summed E-state index contributed by atoms with van der Waals surface area (Å²) in [5.74, 6) is 0.399. The molecule has 3 aliphatic rings. The van der Waals surface area contributed by atoms with Gasteiger partial charge in [0, 0.05) is 29.9 Å². The summed E-state index contributed by atoms with van der Waals surface area (Å²) in [5, 5.41) is 0.497. The number of hydrogen-bond donors (Lipinski definition) is 0. The number of benzene rings is 1. The molecule has 5 heterocycles. The van der Waals surface area contributed by atoms with Crippen molar-refractivity contribution in [3.8, 4) is 0 Å². The number of amides is 2. The molecule has 2 spiro atoms. The summed E-state index contributed by atoms with van der Waals surface area (Å²) in [6.07, 6.45) is 3.15. The molecule has 1 aromatic carbocycles. The third kappa shape index (κ3) is 2.55. The quantitative estimate of drug-likeness (QED) is 0.485. The Morgan fingerprint density at radius 2 is 1.88 bits per heavy atom. The number of nitrogens with zero attached hydrogens (tertiary/aromatic N) is 3. The minimum absolute atomic E-state index is 0.190. The van der Waals surface area contributed by atoms with Gasteiger partial charge < -0.3 is 13.7 Å². The molecule has 0 N–H and O–H groups in total. The van der Waals surface area contributed by atoms with Crippen molar-refractivity contribution >= 4 is 57.4 Å². The van der Waals surface area contributed by atoms with Crippen LogP contribution in [0, 0.1) is 0 Å². The van der Waals surface area contributed by atoms with Gasteiger partial charge in [0.05, 0.1) is 25.0 Å². The van der Waals surface area contributed by atoms with Gasteiger partial charge in [-0.1, -0.05) is 35.6 Å². The lowest BCUT2D eigenvalue weighted by Gasteiger charge is -2.41. The maximum atomic E-state index is 14.5. The first kappa shape index (κ1) is 21.9. The zero-order chi connectivity index (χ0) is 23.8. The molecule has 0 bridgehead atoms. The minimum Gasteiger partial charge on any atom is -0.469 e. The second-order valence-electron chi connectivity index (χ2n) is 8.76. The molecule has 34 heavy (non-hydrogen) atoms. The lowest BCUT2D eigenvalue weighted by Crippen LogP contribution is -2.62. The Morgan fingerprint density at radius 3 is 2.59 bits per heavy atom. The maximum absolute atomic E-state index is 14.5. The van der Waals surface area contributed by atoms with Gasteiger partial charge in [-0.15, -0.1) is 0 Å². The van der Waals surface area contributed by atoms with Crippen molar-refractivity contribution in [2.75, 3.05) is 25.5 Å². The van der Waals surface area contributed by atoms with E-state index in [0.29, 0.717) is 33.0 Å². The Hall–Kier alpha value is -2.59. The molecule has 0 aliphatic carbocycles. The Balaban J connectivity index is 1.61. The summed E-state index contributed by atoms with van der Waals surface area (Å²) in [5.41, 5.74) is 0.112. The van der Waals surface area contributed by atoms with E-state index in [1.54, 1.807) is 59.7 Å². The lowest BCUT2D eigenvalue weighted by molar-refractivity contribution is -0.139. The van der Waals surface area contributed by atoms with E-state index in [1.165, 1.54) is 11.8 Å². The molecule has 2 saturated heterocycles. The van der Waals surface area contributed by atoms with E-state index in [4.69, 9.17) is 32.7 Å². The van der Waals surface area contributed by atoms with Crippen LogP contribution in [0.2, 0.25) is 5.02 Å². The van der Waals surface area contributed by atoms with Crippen LogP contribution in [0.4, 0.5) is 5.69 Å². The number of thioether (sulfide) groups is 1. The minimum atomic E-state index is -1.32. The molecule has 0 unspecified atom stereocenters. The van der Waals surface area contributed by atoms with E-state index in [2.05, 4.69) is 0 Å². The average molecular weight is 514 g/mol. The molecule has 174 valence electrons. The topological polar surface area (TPSA) is 70.1 Å². The van der Waals surface area contributed by atoms with Gasteiger partial charge in [0.15, 0.2) is 5.54 Å². The molecule has 2 amide bonds. The van der Waals surface area contributed by atoms with Gasteiger partial charge in [-0.3, -0.25) is 19.4 Å². The van der Waals surface area contributed by atoms with Crippen LogP contribution in [0.15, 0.2) is 63.8 Å². The van der Waals surface area contributed by atoms with Gasteiger partial charge in [0.2, 0.25) is 5.91 Å². The molecular weight excluding hydrogens is 494 g/mol. The summed E-state index contributed by atoms with van der Waals surface area (Å²) < 4.78 is 10.5. The standard InChI is InChI=1S/C24H20ClN3O4S2/c1-26-13-17(19-6-4-10-32-19)24(21(30)28(22(33)34-24)12-15-5-3-9-31-15)23(26)16-11-14(25)7-8-18(16)27(2)20(23)29/h3-11,17H,12-13H2,1-2H3/t17-,23-,24+/m0/s1. The van der Waals surface area contributed by atoms with Gasteiger partial charge in [0.1, 0.15) is 20.6 Å². The number of rotatable bonds is 3. The van der Waals surface area contributed by atoms with Crippen molar-refractivity contribution in [1.29, 1.82) is 0 Å². The van der Waals surface area contributed by atoms with Gasteiger partial charge >= 0.3 is 0 Å². The zero-order valence-electron chi connectivity index (χ0n) is 18.4. The maximum Gasteiger partial charge on any atom is 0.254 e. The highest BCUT2D eigenvalue weighted by Gasteiger charge is 2.79. The van der Waals surface area contributed by atoms with E-state index >= 15 is 0 Å². The molecule has 0 saturated carbocycles. The molecule has 6 rings (SSSR count). The fraction of sp³-hybridized carbons (Fsp3) is 0.292. The van der Waals surface area contributed by atoms with Crippen LogP contribution in [0.1, 0.15) is 23.0 Å². The van der Waals surface area contributed by atoms with Crippen molar-refractivity contribution in [3.63, 3.8) is 0 Å². The number of carbonyl (C=O) groups is 2. The predicted molar refractivity (Wildman–Crippen MR) is 133 cm³/mol. The highest BCUT2D eigenvalue weighted by molar-refractivity contribution is 8.25. The summed E-state index contributed by atoms with van der Waals surface area (Å²) in [4.78, 5) is 33.9. The Morgan fingerprint density at radius 1 is 1.12 bits per heavy atom. The summed E-state index contributed by atoms with van der Waals surface area (Å²) in [7, 11) is 3.60. The molecule has 2 aromatic heterocycles. The average Bonchev–Trinajstić information content (AvgIpc) is 3.61. The van der Waals surface area contributed by atoms with Crippen molar-refractivity contribution in [2.45, 2.75) is 22.7 Å². The molecule has 2 fully saturated rings. The zero-order valence-corrected chi connectivity index (χ0v) is 20.7. The van der Waals surface area contributed by atoms with Crippen molar-refractivity contribution in [1.82, 2.24) is 9.80 Å². The second kappa shape index (κ2) is 7.45. The highest BCUT2D eigenvalue weighted by Crippen LogP contribution is 2.66. The van der Waals surface area contributed by atoms with Crippen molar-refractivity contribution in [3.05, 3.63) is 77.1 Å². The third-order valence-corrected chi connectivity index (χ3v) is 9.37. The second-order valence-corrected chi connectivity index (χ2v) is 11.1. The fourth-order valence-corrected chi connectivity index (χ4v) is 8.08. The number of thiocarbonyl (C=S) groups is 1. The monoisotopic (exact) mass is 513 g/mol. The largest absolute Gasteiger partial charge is 0.469 e. The van der Waals surface area contributed by atoms with Crippen LogP contribution in [-0.4, -0.2) is 51.3 Å². The van der Waals surface area contributed by atoms with Crippen molar-refractivity contribution < 1.29 is 18.4 Å². The molecule has 3 aliphatic heterocycles. The molecule has 0 radical (unpaired) electrons. The lowest BCUT2D eigenvalue weighted by atomic mass is 9.73. The number of fused-ring (bicyclic) bond motifs is 3. The first-order valence-corrected chi connectivity index (χ1v) is 12.3. The fourth-order valence-electron chi connectivity index (χ4n) is 5.80. The summed E-state index contributed by atoms with van der Waals surface area (Å²) in [6, 6.07) is 12.6. The van der Waals surface area contributed by atoms with Gasteiger partial charge in [-0.2, -0.15) is 0 Å². The summed E-state index contributed by atoms with van der Waals surface area (Å²) in [6.45, 7) is 0.617. The van der Waals surface area contributed by atoms with Crippen LogP contribution >= 0.6 is 35.6 Å².